The van der Waals surface area contributed by atoms with Gasteiger partial charge in [0, 0.05) is 12.6 Å². The van der Waals surface area contributed by atoms with Gasteiger partial charge in [0.1, 0.15) is 17.3 Å². The summed E-state index contributed by atoms with van der Waals surface area (Å²) in [6.45, 7) is 0. The fraction of sp³-hybridized carbons (Fsp3) is 0.0476. The van der Waals surface area contributed by atoms with E-state index in [1.54, 1.807) is 67.7 Å². The van der Waals surface area contributed by atoms with E-state index < -0.39 is 0 Å². The minimum absolute atomic E-state index is 0.162. The fourth-order valence-electron chi connectivity index (χ4n) is 2.90. The van der Waals surface area contributed by atoms with Crippen LogP contribution in [-0.2, 0) is 0 Å². The molecular weight excluding hydrogens is 376 g/mol. The molecule has 0 aliphatic rings. The van der Waals surface area contributed by atoms with Crippen molar-refractivity contribution in [3.05, 3.63) is 94.1 Å². The summed E-state index contributed by atoms with van der Waals surface area (Å²) in [7, 11) is 1.63. The summed E-state index contributed by atoms with van der Waals surface area (Å²) in [4.78, 5) is 35.3. The van der Waals surface area contributed by atoms with Gasteiger partial charge in [-0.05, 0) is 48.5 Å². The molecule has 0 radical (unpaired) electrons. The predicted octanol–water partition coefficient (Wildman–Crippen LogP) is 3.71. The molecule has 0 saturated carbocycles. The van der Waals surface area contributed by atoms with E-state index in [9.17, 15) is 9.59 Å². The Kier molecular flexibility index (Phi) is 4.63. The SMILES string of the molecule is CN(C(=O)c1ccc(-n2cnc3ccccc3c2=O)cc1)c1cccc(Cl)n1. The number of amides is 1. The van der Waals surface area contributed by atoms with Crippen LogP contribution in [0.1, 0.15) is 10.4 Å². The van der Waals surface area contributed by atoms with E-state index in [1.165, 1.54) is 15.8 Å². The normalized spacial score (nSPS) is 10.8. The Hall–Kier alpha value is -3.51. The number of para-hydroxylation sites is 1. The summed E-state index contributed by atoms with van der Waals surface area (Å²) in [5, 5.41) is 0.854. The summed E-state index contributed by atoms with van der Waals surface area (Å²) < 4.78 is 1.46. The van der Waals surface area contributed by atoms with Gasteiger partial charge in [-0.25, -0.2) is 9.97 Å². The van der Waals surface area contributed by atoms with E-state index in [1.807, 2.05) is 6.07 Å². The second-order valence-electron chi connectivity index (χ2n) is 6.17. The fourth-order valence-corrected chi connectivity index (χ4v) is 3.06. The Bertz CT molecular complexity index is 1240. The van der Waals surface area contributed by atoms with Crippen molar-refractivity contribution in [2.75, 3.05) is 11.9 Å². The van der Waals surface area contributed by atoms with Crippen LogP contribution in [0.5, 0.6) is 0 Å². The van der Waals surface area contributed by atoms with Gasteiger partial charge in [0.15, 0.2) is 0 Å². The van der Waals surface area contributed by atoms with Crippen molar-refractivity contribution in [1.29, 1.82) is 0 Å². The quantitative estimate of drug-likeness (QED) is 0.500. The molecule has 2 aromatic carbocycles. The summed E-state index contributed by atoms with van der Waals surface area (Å²) in [5.74, 6) is 0.224. The molecule has 0 aliphatic carbocycles. The predicted molar refractivity (Wildman–Crippen MR) is 109 cm³/mol. The zero-order valence-corrected chi connectivity index (χ0v) is 15.7. The standard InChI is InChI=1S/C21H15ClN4O2/c1-25(19-8-4-7-18(22)24-19)20(27)14-9-11-15(12-10-14)26-13-23-17-6-3-2-5-16(17)21(26)28/h2-13H,1H3. The second kappa shape index (κ2) is 7.25. The van der Waals surface area contributed by atoms with Gasteiger partial charge < -0.3 is 0 Å². The summed E-state index contributed by atoms with van der Waals surface area (Å²) in [6.07, 6.45) is 1.49. The minimum atomic E-state index is -0.231. The molecular formula is C21H15ClN4O2. The molecule has 1 amide bonds. The number of hydrogen-bond acceptors (Lipinski definition) is 4. The first-order chi connectivity index (χ1) is 13.5. The highest BCUT2D eigenvalue weighted by Crippen LogP contribution is 2.17. The number of hydrogen-bond donors (Lipinski definition) is 0. The number of fused-ring (bicyclic) bond motifs is 1. The number of halogens is 1. The number of benzene rings is 2. The van der Waals surface area contributed by atoms with Gasteiger partial charge in [0.25, 0.3) is 11.5 Å². The Morgan fingerprint density at radius 2 is 1.75 bits per heavy atom. The van der Waals surface area contributed by atoms with Crippen LogP contribution in [0.15, 0.2) is 77.9 Å². The molecule has 6 nitrogen and oxygen atoms in total. The molecule has 28 heavy (non-hydrogen) atoms. The highest BCUT2D eigenvalue weighted by molar-refractivity contribution is 6.29. The molecule has 4 rings (SSSR count). The van der Waals surface area contributed by atoms with E-state index >= 15 is 0 Å². The Labute approximate surface area is 165 Å². The third kappa shape index (κ3) is 3.25. The van der Waals surface area contributed by atoms with E-state index in [2.05, 4.69) is 9.97 Å². The minimum Gasteiger partial charge on any atom is -0.296 e. The number of aromatic nitrogens is 3. The average Bonchev–Trinajstić information content (AvgIpc) is 2.73. The topological polar surface area (TPSA) is 68.1 Å². The monoisotopic (exact) mass is 390 g/mol. The molecule has 0 bridgehead atoms. The van der Waals surface area contributed by atoms with Crippen LogP contribution >= 0.6 is 11.6 Å². The summed E-state index contributed by atoms with van der Waals surface area (Å²) in [5.41, 5.74) is 1.58. The van der Waals surface area contributed by atoms with Crippen LogP contribution in [0.3, 0.4) is 0 Å². The van der Waals surface area contributed by atoms with Gasteiger partial charge in [-0.15, -0.1) is 0 Å². The number of rotatable bonds is 3. The van der Waals surface area contributed by atoms with Crippen molar-refractivity contribution >= 4 is 34.2 Å². The van der Waals surface area contributed by atoms with Crippen molar-refractivity contribution < 1.29 is 4.79 Å². The van der Waals surface area contributed by atoms with Gasteiger partial charge in [-0.2, -0.15) is 0 Å². The maximum atomic E-state index is 12.7. The molecule has 0 atom stereocenters. The lowest BCUT2D eigenvalue weighted by Gasteiger charge is -2.16. The van der Waals surface area contributed by atoms with Crippen LogP contribution in [0, 0.1) is 0 Å². The molecule has 2 heterocycles. The maximum Gasteiger partial charge on any atom is 0.265 e. The zero-order chi connectivity index (χ0) is 19.7. The Morgan fingerprint density at radius 3 is 2.50 bits per heavy atom. The van der Waals surface area contributed by atoms with Crippen molar-refractivity contribution in [2.45, 2.75) is 0 Å². The van der Waals surface area contributed by atoms with E-state index in [0.717, 1.165) is 0 Å². The van der Waals surface area contributed by atoms with Crippen molar-refractivity contribution in [3.8, 4) is 5.69 Å². The van der Waals surface area contributed by atoms with Crippen LogP contribution in [0.2, 0.25) is 5.15 Å². The van der Waals surface area contributed by atoms with E-state index in [4.69, 9.17) is 11.6 Å². The average molecular weight is 391 g/mol. The van der Waals surface area contributed by atoms with E-state index in [-0.39, 0.29) is 11.5 Å². The second-order valence-corrected chi connectivity index (χ2v) is 6.55. The van der Waals surface area contributed by atoms with Gasteiger partial charge in [-0.1, -0.05) is 29.8 Å². The van der Waals surface area contributed by atoms with Gasteiger partial charge in [-0.3, -0.25) is 19.1 Å². The van der Waals surface area contributed by atoms with Crippen LogP contribution in [0.25, 0.3) is 16.6 Å². The Balaban J connectivity index is 1.65. The first kappa shape index (κ1) is 17.9. The van der Waals surface area contributed by atoms with Crippen molar-refractivity contribution in [1.82, 2.24) is 14.5 Å². The molecule has 2 aromatic heterocycles. The summed E-state index contributed by atoms with van der Waals surface area (Å²) >= 11 is 5.90. The summed E-state index contributed by atoms with van der Waals surface area (Å²) in [6, 6.07) is 19.0. The third-order valence-corrected chi connectivity index (χ3v) is 4.62. The number of pyridine rings is 1. The Morgan fingerprint density at radius 1 is 1.00 bits per heavy atom. The van der Waals surface area contributed by atoms with Crippen LogP contribution in [0.4, 0.5) is 5.82 Å². The van der Waals surface area contributed by atoms with Gasteiger partial charge >= 0.3 is 0 Å². The zero-order valence-electron chi connectivity index (χ0n) is 14.9. The number of nitrogens with zero attached hydrogens (tertiary/aromatic N) is 4. The lowest BCUT2D eigenvalue weighted by molar-refractivity contribution is 0.0992. The highest BCUT2D eigenvalue weighted by atomic mass is 35.5. The van der Waals surface area contributed by atoms with Crippen molar-refractivity contribution in [3.63, 3.8) is 0 Å². The first-order valence-electron chi connectivity index (χ1n) is 8.52. The highest BCUT2D eigenvalue weighted by Gasteiger charge is 2.15. The maximum absolute atomic E-state index is 12.7. The molecule has 7 heteroatoms. The smallest absolute Gasteiger partial charge is 0.265 e. The van der Waals surface area contributed by atoms with Gasteiger partial charge in [0.2, 0.25) is 0 Å². The molecule has 4 aromatic rings. The molecule has 0 spiro atoms. The lowest BCUT2D eigenvalue weighted by atomic mass is 10.1. The molecule has 0 aliphatic heterocycles. The van der Waals surface area contributed by atoms with Crippen molar-refractivity contribution in [2.24, 2.45) is 0 Å². The van der Waals surface area contributed by atoms with Crippen LogP contribution < -0.4 is 10.5 Å². The number of carbonyl (C=O) groups excluding carboxylic acids is 1. The lowest BCUT2D eigenvalue weighted by Crippen LogP contribution is -2.27. The first-order valence-corrected chi connectivity index (χ1v) is 8.90. The largest absolute Gasteiger partial charge is 0.296 e. The molecule has 0 fully saturated rings. The molecule has 0 unspecified atom stereocenters. The molecule has 0 saturated heterocycles. The number of carbonyl (C=O) groups is 1. The van der Waals surface area contributed by atoms with Crippen LogP contribution in [-0.4, -0.2) is 27.5 Å². The third-order valence-electron chi connectivity index (χ3n) is 4.41. The number of anilines is 1. The van der Waals surface area contributed by atoms with Gasteiger partial charge in [0.05, 0.1) is 16.6 Å². The van der Waals surface area contributed by atoms with E-state index in [0.29, 0.717) is 33.1 Å². The molecule has 138 valence electrons. The molecule has 0 N–H and O–H groups in total.